The van der Waals surface area contributed by atoms with Gasteiger partial charge in [0.15, 0.2) is 5.82 Å². The smallest absolute Gasteiger partial charge is 0.246 e. The van der Waals surface area contributed by atoms with Gasteiger partial charge in [-0.05, 0) is 36.9 Å². The lowest BCUT2D eigenvalue weighted by molar-refractivity contribution is 0.337. The van der Waals surface area contributed by atoms with Crippen molar-refractivity contribution in [2.24, 2.45) is 5.41 Å². The molecular formula is C13H17Cl2FN2O2S. The molecule has 2 heterocycles. The van der Waals surface area contributed by atoms with Gasteiger partial charge in [0.2, 0.25) is 10.0 Å². The number of hydrogen-bond donors (Lipinski definition) is 1. The van der Waals surface area contributed by atoms with Crippen molar-refractivity contribution in [1.82, 2.24) is 9.62 Å². The summed E-state index contributed by atoms with van der Waals surface area (Å²) in [5.74, 6) is -0.861. The van der Waals surface area contributed by atoms with Gasteiger partial charge in [0.05, 0.1) is 5.02 Å². The molecule has 4 nitrogen and oxygen atoms in total. The molecular weight excluding hydrogens is 338 g/mol. The van der Waals surface area contributed by atoms with Crippen LogP contribution < -0.4 is 5.32 Å². The molecule has 0 aromatic heterocycles. The molecule has 1 aromatic rings. The zero-order valence-electron chi connectivity index (χ0n) is 11.3. The fourth-order valence-electron chi connectivity index (χ4n) is 3.07. The van der Waals surface area contributed by atoms with Crippen molar-refractivity contribution in [3.05, 3.63) is 29.0 Å². The number of sulfonamides is 1. The quantitative estimate of drug-likeness (QED) is 0.886. The first-order valence-electron chi connectivity index (χ1n) is 6.60. The minimum atomic E-state index is -3.81. The van der Waals surface area contributed by atoms with Crippen LogP contribution in [-0.4, -0.2) is 38.9 Å². The summed E-state index contributed by atoms with van der Waals surface area (Å²) in [6.07, 6.45) is 1.79. The SMILES string of the molecule is Cl.O=S(=O)(c1cccc(Cl)c1F)N1CCC2(CCNC2)C1. The Balaban J connectivity index is 0.00000161. The van der Waals surface area contributed by atoms with Crippen molar-refractivity contribution in [1.29, 1.82) is 0 Å². The summed E-state index contributed by atoms with van der Waals surface area (Å²) in [6, 6.07) is 4.08. The monoisotopic (exact) mass is 354 g/mol. The largest absolute Gasteiger partial charge is 0.316 e. The van der Waals surface area contributed by atoms with Crippen molar-refractivity contribution in [2.45, 2.75) is 17.7 Å². The lowest BCUT2D eigenvalue weighted by Gasteiger charge is -2.22. The van der Waals surface area contributed by atoms with Crippen molar-refractivity contribution in [2.75, 3.05) is 26.2 Å². The molecule has 8 heteroatoms. The van der Waals surface area contributed by atoms with Crippen LogP contribution in [0.5, 0.6) is 0 Å². The second kappa shape index (κ2) is 6.01. The number of hydrogen-bond acceptors (Lipinski definition) is 3. The molecule has 0 aliphatic carbocycles. The zero-order valence-corrected chi connectivity index (χ0v) is 13.7. The van der Waals surface area contributed by atoms with Crippen molar-refractivity contribution in [3.8, 4) is 0 Å². The van der Waals surface area contributed by atoms with Crippen LogP contribution in [0.4, 0.5) is 4.39 Å². The van der Waals surface area contributed by atoms with Gasteiger partial charge in [0, 0.05) is 19.6 Å². The molecule has 2 fully saturated rings. The highest BCUT2D eigenvalue weighted by Crippen LogP contribution is 2.39. The Kier molecular flexibility index (Phi) is 4.85. The lowest BCUT2D eigenvalue weighted by atomic mass is 9.87. The van der Waals surface area contributed by atoms with Gasteiger partial charge < -0.3 is 5.32 Å². The fourth-order valence-corrected chi connectivity index (χ4v) is 4.94. The van der Waals surface area contributed by atoms with Crippen LogP contribution in [-0.2, 0) is 10.0 Å². The predicted octanol–water partition coefficient (Wildman–Crippen LogP) is 2.28. The Morgan fingerprint density at radius 2 is 2.10 bits per heavy atom. The molecule has 1 N–H and O–H groups in total. The topological polar surface area (TPSA) is 49.4 Å². The highest BCUT2D eigenvalue weighted by molar-refractivity contribution is 7.89. The highest BCUT2D eigenvalue weighted by Gasteiger charge is 2.45. The molecule has 1 atom stereocenters. The first kappa shape index (κ1) is 17.0. The summed E-state index contributed by atoms with van der Waals surface area (Å²) >= 11 is 5.68. The van der Waals surface area contributed by atoms with Gasteiger partial charge in [0.1, 0.15) is 4.90 Å². The van der Waals surface area contributed by atoms with Crippen LogP contribution in [0.3, 0.4) is 0 Å². The fraction of sp³-hybridized carbons (Fsp3) is 0.538. The van der Waals surface area contributed by atoms with E-state index in [9.17, 15) is 12.8 Å². The summed E-state index contributed by atoms with van der Waals surface area (Å²) in [6.45, 7) is 2.64. The third-order valence-electron chi connectivity index (χ3n) is 4.27. The van der Waals surface area contributed by atoms with E-state index in [-0.39, 0.29) is 27.7 Å². The van der Waals surface area contributed by atoms with E-state index in [2.05, 4.69) is 5.32 Å². The number of nitrogens with one attached hydrogen (secondary N) is 1. The maximum Gasteiger partial charge on any atom is 0.246 e. The molecule has 2 aliphatic rings. The normalized spacial score (nSPS) is 26.2. The second-order valence-electron chi connectivity index (χ2n) is 5.57. The van der Waals surface area contributed by atoms with E-state index in [4.69, 9.17) is 11.6 Å². The minimum absolute atomic E-state index is 0. The van der Waals surface area contributed by atoms with Crippen molar-refractivity contribution < 1.29 is 12.8 Å². The third-order valence-corrected chi connectivity index (χ3v) is 6.42. The molecule has 0 saturated carbocycles. The first-order chi connectivity index (χ1) is 9.45. The van der Waals surface area contributed by atoms with E-state index in [1.165, 1.54) is 22.5 Å². The Morgan fingerprint density at radius 1 is 1.33 bits per heavy atom. The van der Waals surface area contributed by atoms with Crippen molar-refractivity contribution in [3.63, 3.8) is 0 Å². The Morgan fingerprint density at radius 3 is 2.76 bits per heavy atom. The molecule has 0 bridgehead atoms. The Labute approximate surface area is 135 Å². The standard InChI is InChI=1S/C13H16ClFN2O2S.ClH/c14-10-2-1-3-11(12(10)15)20(18,19)17-7-5-13(9-17)4-6-16-8-13;/h1-3,16H,4-9H2;1H. The van der Waals surface area contributed by atoms with Crippen LogP contribution in [0, 0.1) is 11.2 Å². The number of nitrogens with zero attached hydrogens (tertiary/aromatic N) is 1. The Bertz CT molecular complexity index is 633. The maximum atomic E-state index is 14.0. The number of halogens is 3. The molecule has 21 heavy (non-hydrogen) atoms. The van der Waals surface area contributed by atoms with Gasteiger partial charge in [-0.2, -0.15) is 4.31 Å². The van der Waals surface area contributed by atoms with E-state index < -0.39 is 15.8 Å². The van der Waals surface area contributed by atoms with Crippen LogP contribution >= 0.6 is 24.0 Å². The van der Waals surface area contributed by atoms with Crippen LogP contribution in [0.25, 0.3) is 0 Å². The van der Waals surface area contributed by atoms with Crippen LogP contribution in [0.1, 0.15) is 12.8 Å². The molecule has 0 radical (unpaired) electrons. The first-order valence-corrected chi connectivity index (χ1v) is 8.41. The van der Waals surface area contributed by atoms with Crippen LogP contribution in [0.2, 0.25) is 5.02 Å². The van der Waals surface area contributed by atoms with Gasteiger partial charge in [-0.25, -0.2) is 12.8 Å². The zero-order chi connectivity index (χ0) is 14.4. The summed E-state index contributed by atoms with van der Waals surface area (Å²) in [5, 5.41) is 3.11. The molecule has 1 spiro atoms. The molecule has 0 amide bonds. The molecule has 3 rings (SSSR count). The summed E-state index contributed by atoms with van der Waals surface area (Å²) < 4.78 is 40.5. The molecule has 2 saturated heterocycles. The van der Waals surface area contributed by atoms with E-state index in [1.807, 2.05) is 0 Å². The van der Waals surface area contributed by atoms with Gasteiger partial charge in [0.25, 0.3) is 0 Å². The van der Waals surface area contributed by atoms with E-state index >= 15 is 0 Å². The maximum absolute atomic E-state index is 14.0. The minimum Gasteiger partial charge on any atom is -0.316 e. The van der Waals surface area contributed by atoms with Gasteiger partial charge in [-0.15, -0.1) is 12.4 Å². The summed E-state index contributed by atoms with van der Waals surface area (Å²) in [7, 11) is -3.81. The second-order valence-corrected chi connectivity index (χ2v) is 7.88. The predicted molar refractivity (Wildman–Crippen MR) is 82.0 cm³/mol. The number of benzene rings is 1. The van der Waals surface area contributed by atoms with E-state index in [1.54, 1.807) is 0 Å². The molecule has 1 unspecified atom stereocenters. The highest BCUT2D eigenvalue weighted by atomic mass is 35.5. The van der Waals surface area contributed by atoms with E-state index in [0.29, 0.717) is 13.1 Å². The summed E-state index contributed by atoms with van der Waals surface area (Å²) in [5.41, 5.74) is 0.0160. The Hall–Kier alpha value is -0.400. The number of rotatable bonds is 2. The lowest BCUT2D eigenvalue weighted by Crippen LogP contribution is -2.33. The van der Waals surface area contributed by atoms with Crippen LogP contribution in [0.15, 0.2) is 23.1 Å². The van der Waals surface area contributed by atoms with E-state index in [0.717, 1.165) is 25.9 Å². The molecule has 2 aliphatic heterocycles. The third kappa shape index (κ3) is 2.92. The average molecular weight is 355 g/mol. The van der Waals surface area contributed by atoms with Gasteiger partial charge in [-0.1, -0.05) is 17.7 Å². The average Bonchev–Trinajstić information content (AvgIpc) is 3.04. The van der Waals surface area contributed by atoms with Crippen molar-refractivity contribution >= 4 is 34.0 Å². The molecule has 118 valence electrons. The van der Waals surface area contributed by atoms with Gasteiger partial charge >= 0.3 is 0 Å². The molecule has 1 aromatic carbocycles. The summed E-state index contributed by atoms with van der Waals surface area (Å²) in [4.78, 5) is -0.326. The van der Waals surface area contributed by atoms with Gasteiger partial charge in [-0.3, -0.25) is 0 Å².